The number of amides is 1. The summed E-state index contributed by atoms with van der Waals surface area (Å²) in [5, 5.41) is 3.92. The Morgan fingerprint density at radius 2 is 1.90 bits per heavy atom. The van der Waals surface area contributed by atoms with Crippen LogP contribution in [0.15, 0.2) is 27.6 Å². The maximum Gasteiger partial charge on any atom is 0.242 e. The molecule has 0 bridgehead atoms. The molecule has 10 heteroatoms. The Balaban J connectivity index is 1.74. The molecule has 3 aromatic rings. The SMILES string of the molecule is Cc1noc(C)c1CN(C)C(=O)CCc1nc2cc(S(=O)(=O)N(C)C)ccc2n1C. The quantitative estimate of drug-likeness (QED) is 0.565. The van der Waals surface area contributed by atoms with Gasteiger partial charge in [0.2, 0.25) is 15.9 Å². The van der Waals surface area contributed by atoms with Gasteiger partial charge in [0.05, 0.1) is 28.2 Å². The molecule has 0 atom stereocenters. The van der Waals surface area contributed by atoms with Gasteiger partial charge in [-0.2, -0.15) is 0 Å². The second-order valence-corrected chi connectivity index (χ2v) is 9.73. The molecule has 0 saturated carbocycles. The fourth-order valence-electron chi connectivity index (χ4n) is 3.29. The number of carbonyl (C=O) groups is 1. The largest absolute Gasteiger partial charge is 0.361 e. The highest BCUT2D eigenvalue weighted by Gasteiger charge is 2.20. The Hall–Kier alpha value is -2.72. The van der Waals surface area contributed by atoms with Gasteiger partial charge < -0.3 is 14.0 Å². The molecule has 0 radical (unpaired) electrons. The minimum Gasteiger partial charge on any atom is -0.361 e. The Morgan fingerprint density at radius 3 is 2.50 bits per heavy atom. The van der Waals surface area contributed by atoms with Crippen molar-refractivity contribution in [2.45, 2.75) is 38.1 Å². The van der Waals surface area contributed by atoms with Crippen molar-refractivity contribution in [1.82, 2.24) is 23.9 Å². The Kier molecular flexibility index (Phi) is 6.00. The summed E-state index contributed by atoms with van der Waals surface area (Å²) in [7, 11) is 3.07. The van der Waals surface area contributed by atoms with Crippen molar-refractivity contribution in [2.75, 3.05) is 21.1 Å². The van der Waals surface area contributed by atoms with Gasteiger partial charge in [0.1, 0.15) is 11.6 Å². The average molecular weight is 434 g/mol. The van der Waals surface area contributed by atoms with E-state index in [1.807, 2.05) is 25.5 Å². The van der Waals surface area contributed by atoms with Crippen LogP contribution in [0.1, 0.15) is 29.3 Å². The second-order valence-electron chi connectivity index (χ2n) is 7.58. The van der Waals surface area contributed by atoms with E-state index in [9.17, 15) is 13.2 Å². The van der Waals surface area contributed by atoms with Gasteiger partial charge in [-0.1, -0.05) is 5.16 Å². The van der Waals surface area contributed by atoms with Crippen molar-refractivity contribution in [1.29, 1.82) is 0 Å². The van der Waals surface area contributed by atoms with Gasteiger partial charge >= 0.3 is 0 Å². The molecule has 0 aliphatic heterocycles. The molecule has 162 valence electrons. The van der Waals surface area contributed by atoms with Crippen LogP contribution in [0.3, 0.4) is 0 Å². The monoisotopic (exact) mass is 433 g/mol. The fourth-order valence-corrected chi connectivity index (χ4v) is 4.21. The van der Waals surface area contributed by atoms with Gasteiger partial charge in [0, 0.05) is 46.6 Å². The minimum atomic E-state index is -3.53. The number of nitrogens with zero attached hydrogens (tertiary/aromatic N) is 5. The summed E-state index contributed by atoms with van der Waals surface area (Å²) in [5.41, 5.74) is 3.11. The summed E-state index contributed by atoms with van der Waals surface area (Å²) in [6, 6.07) is 4.89. The second kappa shape index (κ2) is 8.19. The molecule has 3 rings (SSSR count). The molecule has 0 unspecified atom stereocenters. The third kappa shape index (κ3) is 4.10. The molecule has 0 saturated heterocycles. The normalized spacial score (nSPS) is 12.1. The molecule has 9 nitrogen and oxygen atoms in total. The highest BCUT2D eigenvalue weighted by atomic mass is 32.2. The number of imidazole rings is 1. The average Bonchev–Trinajstić information content (AvgIpc) is 3.19. The first-order valence-electron chi connectivity index (χ1n) is 9.56. The zero-order valence-electron chi connectivity index (χ0n) is 18.1. The highest BCUT2D eigenvalue weighted by molar-refractivity contribution is 7.89. The van der Waals surface area contributed by atoms with E-state index in [1.54, 1.807) is 30.1 Å². The van der Waals surface area contributed by atoms with E-state index in [1.165, 1.54) is 18.4 Å². The maximum absolute atomic E-state index is 12.6. The van der Waals surface area contributed by atoms with Crippen molar-refractivity contribution in [3.8, 4) is 0 Å². The molecule has 2 heterocycles. The smallest absolute Gasteiger partial charge is 0.242 e. The van der Waals surface area contributed by atoms with E-state index < -0.39 is 10.0 Å². The summed E-state index contributed by atoms with van der Waals surface area (Å²) in [6.07, 6.45) is 0.742. The lowest BCUT2D eigenvalue weighted by atomic mass is 10.2. The topological polar surface area (TPSA) is 102 Å². The third-order valence-electron chi connectivity index (χ3n) is 5.29. The molecule has 30 heavy (non-hydrogen) atoms. The Bertz CT molecular complexity index is 1170. The van der Waals surface area contributed by atoms with E-state index in [4.69, 9.17) is 4.52 Å². The van der Waals surface area contributed by atoms with Gasteiger partial charge in [0.25, 0.3) is 0 Å². The summed E-state index contributed by atoms with van der Waals surface area (Å²) in [6.45, 7) is 4.13. The van der Waals surface area contributed by atoms with Crippen LogP contribution in [0.2, 0.25) is 0 Å². The number of rotatable bonds is 7. The third-order valence-corrected chi connectivity index (χ3v) is 7.10. The lowest BCUT2D eigenvalue weighted by Gasteiger charge is -2.17. The van der Waals surface area contributed by atoms with Crippen LogP contribution in [0.4, 0.5) is 0 Å². The van der Waals surface area contributed by atoms with Crippen molar-refractivity contribution < 1.29 is 17.7 Å². The lowest BCUT2D eigenvalue weighted by Crippen LogP contribution is -2.27. The molecule has 0 fully saturated rings. The zero-order chi connectivity index (χ0) is 22.2. The fraction of sp³-hybridized carbons (Fsp3) is 0.450. The van der Waals surface area contributed by atoms with E-state index >= 15 is 0 Å². The molecule has 1 amide bonds. The van der Waals surface area contributed by atoms with Crippen LogP contribution in [-0.2, 0) is 34.8 Å². The number of aromatic nitrogens is 3. The minimum absolute atomic E-state index is 0.0158. The van der Waals surface area contributed by atoms with Crippen LogP contribution < -0.4 is 0 Å². The summed E-state index contributed by atoms with van der Waals surface area (Å²) >= 11 is 0. The van der Waals surface area contributed by atoms with Crippen LogP contribution in [0.25, 0.3) is 11.0 Å². The highest BCUT2D eigenvalue weighted by Crippen LogP contribution is 2.22. The van der Waals surface area contributed by atoms with Crippen LogP contribution >= 0.6 is 0 Å². The van der Waals surface area contributed by atoms with E-state index in [0.717, 1.165) is 22.6 Å². The number of carbonyl (C=O) groups excluding carboxylic acids is 1. The molecule has 0 spiro atoms. The summed E-state index contributed by atoms with van der Waals surface area (Å²) < 4.78 is 33.0. The van der Waals surface area contributed by atoms with Gasteiger partial charge in [-0.25, -0.2) is 17.7 Å². The summed E-state index contributed by atoms with van der Waals surface area (Å²) in [5.74, 6) is 1.42. The number of benzene rings is 1. The number of sulfonamides is 1. The van der Waals surface area contributed by atoms with E-state index in [-0.39, 0.29) is 10.8 Å². The van der Waals surface area contributed by atoms with E-state index in [0.29, 0.717) is 30.7 Å². The van der Waals surface area contributed by atoms with Crippen LogP contribution in [-0.4, -0.2) is 59.4 Å². The van der Waals surface area contributed by atoms with Gasteiger partial charge in [0.15, 0.2) is 0 Å². The lowest BCUT2D eigenvalue weighted by molar-refractivity contribution is -0.130. The predicted octanol–water partition coefficient (Wildman–Crippen LogP) is 2.02. The number of hydrogen-bond acceptors (Lipinski definition) is 6. The van der Waals surface area contributed by atoms with Crippen LogP contribution in [0, 0.1) is 13.8 Å². The maximum atomic E-state index is 12.6. The molecule has 1 aromatic carbocycles. The number of fused-ring (bicyclic) bond motifs is 1. The molecule has 0 aliphatic carbocycles. The van der Waals surface area contributed by atoms with Gasteiger partial charge in [-0.05, 0) is 32.0 Å². The number of aryl methyl sites for hydroxylation is 4. The Morgan fingerprint density at radius 1 is 1.20 bits per heavy atom. The van der Waals surface area contributed by atoms with Crippen LogP contribution in [0.5, 0.6) is 0 Å². The molecular weight excluding hydrogens is 406 g/mol. The van der Waals surface area contributed by atoms with Crippen molar-refractivity contribution in [3.63, 3.8) is 0 Å². The van der Waals surface area contributed by atoms with Crippen molar-refractivity contribution in [3.05, 3.63) is 41.0 Å². The number of hydrogen-bond donors (Lipinski definition) is 0. The molecule has 0 N–H and O–H groups in total. The standard InChI is InChI=1S/C20H27N5O4S/c1-13-16(14(2)29-22-13)12-24(5)20(26)10-9-19-21-17-11-15(30(27,28)23(3)4)7-8-18(17)25(19)6/h7-8,11H,9-10,12H2,1-6H3. The van der Waals surface area contributed by atoms with Gasteiger partial charge in [-0.3, -0.25) is 4.79 Å². The van der Waals surface area contributed by atoms with E-state index in [2.05, 4.69) is 10.1 Å². The molecular formula is C20H27N5O4S. The first kappa shape index (κ1) is 22.0. The summed E-state index contributed by atoms with van der Waals surface area (Å²) in [4.78, 5) is 19.0. The zero-order valence-corrected chi connectivity index (χ0v) is 18.9. The van der Waals surface area contributed by atoms with Crippen molar-refractivity contribution >= 4 is 27.0 Å². The molecule has 2 aromatic heterocycles. The first-order valence-corrected chi connectivity index (χ1v) is 11.0. The predicted molar refractivity (Wildman–Crippen MR) is 112 cm³/mol. The first-order chi connectivity index (χ1) is 14.0. The van der Waals surface area contributed by atoms with Crippen molar-refractivity contribution in [2.24, 2.45) is 7.05 Å². The molecule has 0 aliphatic rings. The Labute approximate surface area is 176 Å². The van der Waals surface area contributed by atoms with Gasteiger partial charge in [-0.15, -0.1) is 0 Å².